The van der Waals surface area contributed by atoms with Crippen LogP contribution in [-0.4, -0.2) is 36.0 Å². The third kappa shape index (κ3) is 4.48. The average Bonchev–Trinajstić information content (AvgIpc) is 3.62. The molecule has 7 aromatic rings. The van der Waals surface area contributed by atoms with Crippen molar-refractivity contribution in [3.05, 3.63) is 115 Å². The van der Waals surface area contributed by atoms with Gasteiger partial charge in [0.2, 0.25) is 5.91 Å². The summed E-state index contributed by atoms with van der Waals surface area (Å²) >= 11 is 0. The van der Waals surface area contributed by atoms with Gasteiger partial charge in [0.1, 0.15) is 5.69 Å². The molecule has 5 aromatic heterocycles. The standard InChI is InChI=1S/C32H23N7O/c40-30(13-20-5-2-1-3-6-20)36-24-14-23(18-34-19-24)21-8-9-28-25(15-21)32(39-38-28)29-16-26-27(37-29)10-12-35-31(26)22-7-4-11-33-17-22/h1-12,14-19,37H,13H2,(H,36,40)(H,38,39). The number of aromatic amines is 2. The third-order valence-corrected chi connectivity index (χ3v) is 6.86. The molecule has 8 heteroatoms. The van der Waals surface area contributed by atoms with E-state index in [2.05, 4.69) is 47.6 Å². The lowest BCUT2D eigenvalue weighted by Crippen LogP contribution is -2.14. The largest absolute Gasteiger partial charge is 0.353 e. The van der Waals surface area contributed by atoms with Crippen molar-refractivity contribution in [2.75, 3.05) is 5.32 Å². The van der Waals surface area contributed by atoms with Crippen LogP contribution in [0.1, 0.15) is 5.56 Å². The van der Waals surface area contributed by atoms with Crippen LogP contribution in [0.25, 0.3) is 55.6 Å². The minimum Gasteiger partial charge on any atom is -0.353 e. The number of nitrogens with zero attached hydrogens (tertiary/aromatic N) is 4. The van der Waals surface area contributed by atoms with E-state index in [9.17, 15) is 4.79 Å². The number of hydrogen-bond donors (Lipinski definition) is 3. The van der Waals surface area contributed by atoms with Crippen molar-refractivity contribution in [3.63, 3.8) is 0 Å². The van der Waals surface area contributed by atoms with Gasteiger partial charge in [-0.25, -0.2) is 0 Å². The molecule has 0 saturated heterocycles. The fourth-order valence-electron chi connectivity index (χ4n) is 4.97. The van der Waals surface area contributed by atoms with Crippen molar-refractivity contribution in [2.24, 2.45) is 0 Å². The van der Waals surface area contributed by atoms with E-state index < -0.39 is 0 Å². The lowest BCUT2D eigenvalue weighted by Gasteiger charge is -2.08. The summed E-state index contributed by atoms with van der Waals surface area (Å²) in [5, 5.41) is 12.7. The van der Waals surface area contributed by atoms with E-state index in [1.54, 1.807) is 24.8 Å². The second kappa shape index (κ2) is 9.92. The van der Waals surface area contributed by atoms with Crippen LogP contribution in [0.3, 0.4) is 0 Å². The Morgan fingerprint density at radius 3 is 2.48 bits per heavy atom. The quantitative estimate of drug-likeness (QED) is 0.234. The summed E-state index contributed by atoms with van der Waals surface area (Å²) in [5.41, 5.74) is 8.88. The Morgan fingerprint density at radius 1 is 0.725 bits per heavy atom. The number of fused-ring (bicyclic) bond motifs is 2. The molecule has 0 unspecified atom stereocenters. The summed E-state index contributed by atoms with van der Waals surface area (Å²) in [7, 11) is 0. The maximum absolute atomic E-state index is 12.6. The number of anilines is 1. The number of rotatable bonds is 6. The van der Waals surface area contributed by atoms with Gasteiger partial charge in [-0.2, -0.15) is 5.10 Å². The molecule has 0 bridgehead atoms. The van der Waals surface area contributed by atoms with Crippen molar-refractivity contribution in [1.29, 1.82) is 0 Å². The number of carbonyl (C=O) groups is 1. The number of aromatic nitrogens is 6. The smallest absolute Gasteiger partial charge is 0.228 e. The molecule has 0 aliphatic carbocycles. The first-order valence-electron chi connectivity index (χ1n) is 12.9. The van der Waals surface area contributed by atoms with Gasteiger partial charge in [0.25, 0.3) is 0 Å². The molecule has 0 saturated carbocycles. The minimum atomic E-state index is -0.0864. The number of H-pyrrole nitrogens is 2. The van der Waals surface area contributed by atoms with Crippen LogP contribution in [0.15, 0.2) is 110 Å². The molecule has 0 spiro atoms. The zero-order valence-electron chi connectivity index (χ0n) is 21.3. The van der Waals surface area contributed by atoms with Crippen molar-refractivity contribution in [1.82, 2.24) is 30.1 Å². The number of benzene rings is 2. The molecule has 5 heterocycles. The van der Waals surface area contributed by atoms with E-state index in [1.807, 2.05) is 72.9 Å². The van der Waals surface area contributed by atoms with Crippen LogP contribution in [0.4, 0.5) is 5.69 Å². The number of hydrogen-bond acceptors (Lipinski definition) is 5. The van der Waals surface area contributed by atoms with Gasteiger partial charge >= 0.3 is 0 Å². The van der Waals surface area contributed by atoms with Gasteiger partial charge in [-0.15, -0.1) is 0 Å². The van der Waals surface area contributed by atoms with Gasteiger partial charge in [-0.05, 0) is 53.6 Å². The third-order valence-electron chi connectivity index (χ3n) is 6.86. The van der Waals surface area contributed by atoms with Crippen LogP contribution in [0.2, 0.25) is 0 Å². The van der Waals surface area contributed by atoms with E-state index in [0.29, 0.717) is 12.1 Å². The topological polar surface area (TPSA) is 112 Å². The summed E-state index contributed by atoms with van der Waals surface area (Å²) in [6.07, 6.45) is 9.12. The molecule has 2 aromatic carbocycles. The molecule has 40 heavy (non-hydrogen) atoms. The molecule has 8 nitrogen and oxygen atoms in total. The Morgan fingerprint density at radius 2 is 1.60 bits per heavy atom. The lowest BCUT2D eigenvalue weighted by atomic mass is 10.0. The van der Waals surface area contributed by atoms with Crippen LogP contribution >= 0.6 is 0 Å². The molecule has 1 amide bonds. The zero-order valence-corrected chi connectivity index (χ0v) is 21.3. The van der Waals surface area contributed by atoms with E-state index in [1.165, 1.54) is 0 Å². The van der Waals surface area contributed by atoms with Gasteiger partial charge in [0.05, 0.1) is 35.2 Å². The van der Waals surface area contributed by atoms with Gasteiger partial charge in [-0.3, -0.25) is 24.8 Å². The molecule has 3 N–H and O–H groups in total. The highest BCUT2D eigenvalue weighted by molar-refractivity contribution is 6.01. The summed E-state index contributed by atoms with van der Waals surface area (Å²) in [4.78, 5) is 29.3. The lowest BCUT2D eigenvalue weighted by molar-refractivity contribution is -0.115. The second-order valence-electron chi connectivity index (χ2n) is 9.55. The van der Waals surface area contributed by atoms with Crippen LogP contribution in [-0.2, 0) is 11.2 Å². The number of carbonyl (C=O) groups excluding carboxylic acids is 1. The molecule has 192 valence electrons. The highest BCUT2D eigenvalue weighted by atomic mass is 16.1. The summed E-state index contributed by atoms with van der Waals surface area (Å²) in [6.45, 7) is 0. The number of pyridine rings is 3. The van der Waals surface area contributed by atoms with Gasteiger partial charge in [-0.1, -0.05) is 36.4 Å². The van der Waals surface area contributed by atoms with Crippen molar-refractivity contribution in [3.8, 4) is 33.8 Å². The average molecular weight is 522 g/mol. The highest BCUT2D eigenvalue weighted by Crippen LogP contribution is 2.34. The normalized spacial score (nSPS) is 11.2. The Bertz CT molecular complexity index is 1980. The summed E-state index contributed by atoms with van der Waals surface area (Å²) in [5.74, 6) is -0.0864. The molecule has 0 radical (unpaired) electrons. The SMILES string of the molecule is O=C(Cc1ccccc1)Nc1cncc(-c2ccc3[nH]nc(-c4cc5c(-c6cccnc6)nccc5[nH]4)c3c2)c1. The molecule has 0 aliphatic heterocycles. The van der Waals surface area contributed by atoms with E-state index in [0.717, 1.165) is 61.1 Å². The molecular weight excluding hydrogens is 498 g/mol. The van der Waals surface area contributed by atoms with Crippen molar-refractivity contribution >= 4 is 33.4 Å². The number of nitrogens with one attached hydrogen (secondary N) is 3. The summed E-state index contributed by atoms with van der Waals surface area (Å²) in [6, 6.07) is 25.7. The van der Waals surface area contributed by atoms with Crippen molar-refractivity contribution in [2.45, 2.75) is 6.42 Å². The minimum absolute atomic E-state index is 0.0864. The van der Waals surface area contributed by atoms with E-state index in [-0.39, 0.29) is 5.91 Å². The van der Waals surface area contributed by atoms with E-state index in [4.69, 9.17) is 0 Å². The monoisotopic (exact) mass is 521 g/mol. The maximum Gasteiger partial charge on any atom is 0.228 e. The number of amides is 1. The first-order chi connectivity index (χ1) is 19.7. The van der Waals surface area contributed by atoms with Gasteiger partial charge in [0.15, 0.2) is 0 Å². The molecule has 0 atom stereocenters. The van der Waals surface area contributed by atoms with Crippen molar-refractivity contribution < 1.29 is 4.79 Å². The molecular formula is C32H23N7O. The maximum atomic E-state index is 12.6. The van der Waals surface area contributed by atoms with Crippen LogP contribution in [0, 0.1) is 0 Å². The molecule has 0 fully saturated rings. The van der Waals surface area contributed by atoms with Crippen LogP contribution < -0.4 is 5.32 Å². The fourth-order valence-corrected chi connectivity index (χ4v) is 4.97. The fraction of sp³-hybridized carbons (Fsp3) is 0.0312. The van der Waals surface area contributed by atoms with E-state index >= 15 is 0 Å². The Hall–Kier alpha value is -5.63. The van der Waals surface area contributed by atoms with Crippen LogP contribution in [0.5, 0.6) is 0 Å². The first-order valence-corrected chi connectivity index (χ1v) is 12.9. The predicted molar refractivity (Wildman–Crippen MR) is 156 cm³/mol. The predicted octanol–water partition coefficient (Wildman–Crippen LogP) is 6.41. The second-order valence-corrected chi connectivity index (χ2v) is 9.55. The molecule has 0 aliphatic rings. The zero-order chi connectivity index (χ0) is 26.9. The Kier molecular flexibility index (Phi) is 5.82. The highest BCUT2D eigenvalue weighted by Gasteiger charge is 2.15. The molecule has 7 rings (SSSR count). The summed E-state index contributed by atoms with van der Waals surface area (Å²) < 4.78 is 0. The Labute approximate surface area is 229 Å². The Balaban J connectivity index is 1.21. The van der Waals surface area contributed by atoms with Gasteiger partial charge < -0.3 is 10.3 Å². The van der Waals surface area contributed by atoms with Gasteiger partial charge in [0, 0.05) is 52.2 Å². The first kappa shape index (κ1) is 23.5.